The van der Waals surface area contributed by atoms with Crippen LogP contribution < -0.4 is 5.73 Å². The van der Waals surface area contributed by atoms with E-state index < -0.39 is 17.9 Å². The first-order valence-corrected chi connectivity index (χ1v) is 6.20. The van der Waals surface area contributed by atoms with E-state index in [2.05, 4.69) is 4.98 Å². The van der Waals surface area contributed by atoms with E-state index in [1.54, 1.807) is 19.1 Å². The maximum absolute atomic E-state index is 13.0. The molecular formula is C14H15FN2O3. The SMILES string of the molecule is CCOC(=O)[C@@H](N)C(c1ccc(F)cc1)c1ncco1. The average Bonchev–Trinajstić information content (AvgIpc) is 2.95. The first kappa shape index (κ1) is 14.2. The van der Waals surface area contributed by atoms with Gasteiger partial charge in [-0.3, -0.25) is 4.79 Å². The molecule has 0 spiro atoms. The third-order valence-corrected chi connectivity index (χ3v) is 2.86. The van der Waals surface area contributed by atoms with Gasteiger partial charge >= 0.3 is 5.97 Å². The second-order valence-electron chi connectivity index (χ2n) is 4.18. The fourth-order valence-electron chi connectivity index (χ4n) is 1.94. The van der Waals surface area contributed by atoms with Gasteiger partial charge in [0.2, 0.25) is 5.89 Å². The largest absolute Gasteiger partial charge is 0.465 e. The van der Waals surface area contributed by atoms with Crippen LogP contribution in [0.3, 0.4) is 0 Å². The summed E-state index contributed by atoms with van der Waals surface area (Å²) in [6, 6.07) is 4.71. The Labute approximate surface area is 115 Å². The van der Waals surface area contributed by atoms with Crippen molar-refractivity contribution in [3.8, 4) is 0 Å². The molecule has 1 heterocycles. The Morgan fingerprint density at radius 3 is 2.70 bits per heavy atom. The molecule has 2 N–H and O–H groups in total. The van der Waals surface area contributed by atoms with Crippen LogP contribution in [0.4, 0.5) is 4.39 Å². The molecule has 2 rings (SSSR count). The molecule has 106 valence electrons. The molecule has 2 aromatic rings. The van der Waals surface area contributed by atoms with Crippen LogP contribution in [-0.2, 0) is 9.53 Å². The maximum Gasteiger partial charge on any atom is 0.324 e. The molecule has 0 saturated carbocycles. The second kappa shape index (κ2) is 6.29. The zero-order valence-electron chi connectivity index (χ0n) is 11.0. The van der Waals surface area contributed by atoms with E-state index in [4.69, 9.17) is 14.9 Å². The van der Waals surface area contributed by atoms with Crippen molar-refractivity contribution >= 4 is 5.97 Å². The minimum absolute atomic E-state index is 0.230. The fourth-order valence-corrected chi connectivity index (χ4v) is 1.94. The molecule has 6 heteroatoms. The lowest BCUT2D eigenvalue weighted by Crippen LogP contribution is -2.38. The van der Waals surface area contributed by atoms with Gasteiger partial charge in [-0.15, -0.1) is 0 Å². The van der Waals surface area contributed by atoms with Crippen LogP contribution in [0.15, 0.2) is 41.1 Å². The van der Waals surface area contributed by atoms with Gasteiger partial charge in [0.1, 0.15) is 18.1 Å². The number of ether oxygens (including phenoxy) is 1. The number of rotatable bonds is 5. The summed E-state index contributed by atoms with van der Waals surface area (Å²) in [5, 5.41) is 0. The average molecular weight is 278 g/mol. The predicted octanol–water partition coefficient (Wildman–Crippen LogP) is 1.84. The molecule has 20 heavy (non-hydrogen) atoms. The number of hydrogen-bond acceptors (Lipinski definition) is 5. The van der Waals surface area contributed by atoms with Crippen molar-refractivity contribution in [3.63, 3.8) is 0 Å². The van der Waals surface area contributed by atoms with Crippen molar-refractivity contribution < 1.29 is 18.3 Å². The van der Waals surface area contributed by atoms with Gasteiger partial charge in [0.15, 0.2) is 0 Å². The van der Waals surface area contributed by atoms with Crippen molar-refractivity contribution in [1.82, 2.24) is 4.98 Å². The monoisotopic (exact) mass is 278 g/mol. The van der Waals surface area contributed by atoms with E-state index in [1.165, 1.54) is 24.6 Å². The van der Waals surface area contributed by atoms with Crippen LogP contribution in [0, 0.1) is 5.82 Å². The van der Waals surface area contributed by atoms with Gasteiger partial charge in [-0.25, -0.2) is 9.37 Å². The number of esters is 1. The number of benzene rings is 1. The smallest absolute Gasteiger partial charge is 0.324 e. The highest BCUT2D eigenvalue weighted by Gasteiger charge is 2.32. The molecule has 0 bridgehead atoms. The molecule has 0 aliphatic heterocycles. The van der Waals surface area contributed by atoms with Gasteiger partial charge in [-0.1, -0.05) is 12.1 Å². The number of hydrogen-bond donors (Lipinski definition) is 1. The molecule has 0 radical (unpaired) electrons. The molecule has 0 amide bonds. The molecule has 2 atom stereocenters. The number of halogens is 1. The van der Waals surface area contributed by atoms with Gasteiger partial charge in [0, 0.05) is 0 Å². The number of nitrogens with two attached hydrogens (primary N) is 1. The summed E-state index contributed by atoms with van der Waals surface area (Å²) in [6.45, 7) is 1.93. The third-order valence-electron chi connectivity index (χ3n) is 2.86. The zero-order valence-corrected chi connectivity index (χ0v) is 11.0. The summed E-state index contributed by atoms with van der Waals surface area (Å²) in [7, 11) is 0. The van der Waals surface area contributed by atoms with Crippen LogP contribution in [0.1, 0.15) is 24.3 Å². The van der Waals surface area contributed by atoms with Crippen molar-refractivity contribution in [3.05, 3.63) is 54.0 Å². The first-order chi connectivity index (χ1) is 9.63. The van der Waals surface area contributed by atoms with Crippen molar-refractivity contribution in [2.75, 3.05) is 6.61 Å². The first-order valence-electron chi connectivity index (χ1n) is 6.20. The summed E-state index contributed by atoms with van der Waals surface area (Å²) in [4.78, 5) is 15.9. The predicted molar refractivity (Wildman–Crippen MR) is 69.4 cm³/mol. The van der Waals surface area contributed by atoms with Crippen LogP contribution in [0.25, 0.3) is 0 Å². The molecule has 1 unspecified atom stereocenters. The van der Waals surface area contributed by atoms with Crippen LogP contribution in [-0.4, -0.2) is 23.6 Å². The third kappa shape index (κ3) is 3.03. The Kier molecular flexibility index (Phi) is 4.47. The van der Waals surface area contributed by atoms with E-state index in [9.17, 15) is 9.18 Å². The Bertz CT molecular complexity index is 554. The van der Waals surface area contributed by atoms with Crippen LogP contribution >= 0.6 is 0 Å². The van der Waals surface area contributed by atoms with Gasteiger partial charge < -0.3 is 14.9 Å². The van der Waals surface area contributed by atoms with E-state index >= 15 is 0 Å². The minimum atomic E-state index is -0.973. The summed E-state index contributed by atoms with van der Waals surface area (Å²) < 4.78 is 23.2. The normalized spacial score (nSPS) is 13.8. The van der Waals surface area contributed by atoms with Gasteiger partial charge in [0.05, 0.1) is 18.7 Å². The lowest BCUT2D eigenvalue weighted by Gasteiger charge is -2.20. The summed E-state index contributed by atoms with van der Waals surface area (Å²) in [5.74, 6) is -1.26. The number of carbonyl (C=O) groups is 1. The summed E-state index contributed by atoms with van der Waals surface area (Å²) >= 11 is 0. The van der Waals surface area contributed by atoms with Crippen molar-refractivity contribution in [2.45, 2.75) is 18.9 Å². The number of aromatic nitrogens is 1. The lowest BCUT2D eigenvalue weighted by atomic mass is 9.91. The Balaban J connectivity index is 2.35. The highest BCUT2D eigenvalue weighted by atomic mass is 19.1. The molecule has 0 aliphatic rings. The van der Waals surface area contributed by atoms with Gasteiger partial charge in [0.25, 0.3) is 0 Å². The van der Waals surface area contributed by atoms with E-state index in [1.807, 2.05) is 0 Å². The van der Waals surface area contributed by atoms with E-state index in [0.29, 0.717) is 5.56 Å². The Hall–Kier alpha value is -2.21. The quantitative estimate of drug-likeness (QED) is 0.844. The fraction of sp³-hybridized carbons (Fsp3) is 0.286. The maximum atomic E-state index is 13.0. The second-order valence-corrected chi connectivity index (χ2v) is 4.18. The van der Waals surface area contributed by atoms with Crippen molar-refractivity contribution in [2.24, 2.45) is 5.73 Å². The number of nitrogens with zero attached hydrogens (tertiary/aromatic N) is 1. The van der Waals surface area contributed by atoms with Crippen molar-refractivity contribution in [1.29, 1.82) is 0 Å². The highest BCUT2D eigenvalue weighted by molar-refractivity contribution is 5.77. The molecule has 1 aromatic carbocycles. The van der Waals surface area contributed by atoms with E-state index in [-0.39, 0.29) is 18.3 Å². The standard InChI is InChI=1S/C14H15FN2O3/c1-2-19-14(18)12(16)11(13-17-7-8-20-13)9-3-5-10(15)6-4-9/h3-8,11-12H,2,16H2,1H3/t11?,12-/m0/s1. The molecular weight excluding hydrogens is 263 g/mol. The molecule has 0 saturated heterocycles. The molecule has 0 aliphatic carbocycles. The molecule has 0 fully saturated rings. The minimum Gasteiger partial charge on any atom is -0.465 e. The van der Waals surface area contributed by atoms with Crippen LogP contribution in [0.2, 0.25) is 0 Å². The summed E-state index contributed by atoms with van der Waals surface area (Å²) in [6.07, 6.45) is 2.85. The number of oxazole rings is 1. The molecule has 1 aromatic heterocycles. The van der Waals surface area contributed by atoms with Crippen LogP contribution in [0.5, 0.6) is 0 Å². The molecule has 5 nitrogen and oxygen atoms in total. The summed E-state index contributed by atoms with van der Waals surface area (Å²) in [5.41, 5.74) is 6.57. The lowest BCUT2D eigenvalue weighted by molar-refractivity contribution is -0.145. The Morgan fingerprint density at radius 1 is 1.45 bits per heavy atom. The van der Waals surface area contributed by atoms with Gasteiger partial charge in [-0.05, 0) is 24.6 Å². The number of carbonyl (C=O) groups excluding carboxylic acids is 1. The van der Waals surface area contributed by atoms with Gasteiger partial charge in [-0.2, -0.15) is 0 Å². The Morgan fingerprint density at radius 2 is 2.15 bits per heavy atom. The van der Waals surface area contributed by atoms with E-state index in [0.717, 1.165) is 0 Å². The highest BCUT2D eigenvalue weighted by Crippen LogP contribution is 2.27. The zero-order chi connectivity index (χ0) is 14.5. The topological polar surface area (TPSA) is 78.4 Å².